The number of rotatable bonds is 5. The van der Waals surface area contributed by atoms with Crippen LogP contribution in [-0.4, -0.2) is 33.8 Å². The van der Waals surface area contributed by atoms with Crippen LogP contribution >= 0.6 is 11.8 Å². The molecule has 0 aliphatic heterocycles. The number of nitrogens with one attached hydrogen (secondary N) is 1. The van der Waals surface area contributed by atoms with Crippen LogP contribution < -0.4 is 5.32 Å². The molecule has 1 fully saturated rings. The molecule has 0 heterocycles. The maximum atomic E-state index is 10.2. The summed E-state index contributed by atoms with van der Waals surface area (Å²) in [4.78, 5) is 0. The van der Waals surface area contributed by atoms with Crippen molar-refractivity contribution in [2.24, 2.45) is 0 Å². The van der Waals surface area contributed by atoms with Crippen molar-refractivity contribution in [2.45, 2.75) is 69.8 Å². The molecular formula is C13H27NOS. The second-order valence-corrected chi connectivity index (χ2v) is 7.98. The summed E-state index contributed by atoms with van der Waals surface area (Å²) in [5, 5.41) is 13.7. The van der Waals surface area contributed by atoms with Gasteiger partial charge in [-0.1, -0.05) is 33.6 Å². The van der Waals surface area contributed by atoms with Gasteiger partial charge in [0, 0.05) is 23.1 Å². The van der Waals surface area contributed by atoms with Gasteiger partial charge in [-0.25, -0.2) is 0 Å². The molecule has 0 radical (unpaired) electrons. The second-order valence-electron chi connectivity index (χ2n) is 6.14. The highest BCUT2D eigenvalue weighted by atomic mass is 32.2. The lowest BCUT2D eigenvalue weighted by Crippen LogP contribution is -2.42. The lowest BCUT2D eigenvalue weighted by Gasteiger charge is -2.26. The molecule has 0 bridgehead atoms. The average Bonchev–Trinajstić information content (AvgIpc) is 2.59. The van der Waals surface area contributed by atoms with Gasteiger partial charge in [-0.2, -0.15) is 11.8 Å². The molecule has 1 aliphatic carbocycles. The molecule has 96 valence electrons. The van der Waals surface area contributed by atoms with Gasteiger partial charge < -0.3 is 10.4 Å². The average molecular weight is 245 g/mol. The predicted molar refractivity (Wildman–Crippen MR) is 73.1 cm³/mol. The normalized spacial score (nSPS) is 22.3. The Kier molecular flexibility index (Phi) is 5.14. The minimum atomic E-state index is -0.416. The van der Waals surface area contributed by atoms with Crippen LogP contribution in [0.15, 0.2) is 0 Å². The van der Waals surface area contributed by atoms with Gasteiger partial charge >= 0.3 is 0 Å². The van der Waals surface area contributed by atoms with E-state index in [2.05, 4.69) is 33.0 Å². The van der Waals surface area contributed by atoms with E-state index in [1.807, 2.05) is 11.8 Å². The third-order valence-electron chi connectivity index (χ3n) is 3.08. The Hall–Kier alpha value is 0.270. The van der Waals surface area contributed by atoms with Crippen molar-refractivity contribution in [3.63, 3.8) is 0 Å². The molecule has 1 rings (SSSR count). The molecule has 3 heteroatoms. The third kappa shape index (κ3) is 5.55. The Labute approximate surface area is 105 Å². The summed E-state index contributed by atoms with van der Waals surface area (Å²) in [6.07, 6.45) is 4.31. The number of hydrogen-bond acceptors (Lipinski definition) is 3. The summed E-state index contributed by atoms with van der Waals surface area (Å²) < 4.78 is 0.334. The Morgan fingerprint density at radius 2 is 1.88 bits per heavy atom. The van der Waals surface area contributed by atoms with Gasteiger partial charge in [-0.15, -0.1) is 0 Å². The van der Waals surface area contributed by atoms with E-state index in [0.717, 1.165) is 25.1 Å². The fraction of sp³-hybridized carbons (Fsp3) is 1.00. The van der Waals surface area contributed by atoms with E-state index >= 15 is 0 Å². The van der Waals surface area contributed by atoms with Crippen molar-refractivity contribution in [1.82, 2.24) is 5.32 Å². The van der Waals surface area contributed by atoms with Gasteiger partial charge in [0.15, 0.2) is 0 Å². The molecule has 0 spiro atoms. The van der Waals surface area contributed by atoms with Crippen molar-refractivity contribution >= 4 is 11.8 Å². The Morgan fingerprint density at radius 1 is 1.31 bits per heavy atom. The highest BCUT2D eigenvalue weighted by Gasteiger charge is 2.30. The molecule has 0 aromatic rings. The van der Waals surface area contributed by atoms with E-state index < -0.39 is 5.60 Å². The van der Waals surface area contributed by atoms with E-state index in [1.54, 1.807) is 0 Å². The van der Waals surface area contributed by atoms with Gasteiger partial charge in [0.2, 0.25) is 0 Å². The summed E-state index contributed by atoms with van der Waals surface area (Å²) in [7, 11) is 0. The first-order chi connectivity index (χ1) is 7.31. The zero-order valence-electron chi connectivity index (χ0n) is 11.2. The highest BCUT2D eigenvalue weighted by Crippen LogP contribution is 2.29. The van der Waals surface area contributed by atoms with E-state index in [-0.39, 0.29) is 0 Å². The number of aliphatic hydroxyl groups is 1. The summed E-state index contributed by atoms with van der Waals surface area (Å²) in [5.41, 5.74) is -0.416. The smallest absolute Gasteiger partial charge is 0.0771 e. The topological polar surface area (TPSA) is 32.3 Å². The van der Waals surface area contributed by atoms with Crippen molar-refractivity contribution in [1.29, 1.82) is 0 Å². The van der Waals surface area contributed by atoms with E-state index in [4.69, 9.17) is 0 Å². The van der Waals surface area contributed by atoms with Gasteiger partial charge in [0.25, 0.3) is 0 Å². The van der Waals surface area contributed by atoms with Crippen molar-refractivity contribution in [3.05, 3.63) is 0 Å². The fourth-order valence-electron chi connectivity index (χ4n) is 2.01. The molecular weight excluding hydrogens is 218 g/mol. The molecule has 1 saturated carbocycles. The first-order valence-corrected chi connectivity index (χ1v) is 7.39. The molecule has 0 aromatic carbocycles. The van der Waals surface area contributed by atoms with E-state index in [0.29, 0.717) is 10.8 Å². The number of hydrogen-bond donors (Lipinski definition) is 2. The minimum Gasteiger partial charge on any atom is -0.389 e. The third-order valence-corrected chi connectivity index (χ3v) is 4.61. The molecule has 1 aliphatic rings. The van der Waals surface area contributed by atoms with Crippen LogP contribution in [0.5, 0.6) is 0 Å². The van der Waals surface area contributed by atoms with Crippen molar-refractivity contribution in [2.75, 3.05) is 12.3 Å². The van der Waals surface area contributed by atoms with E-state index in [1.165, 1.54) is 12.8 Å². The zero-order valence-corrected chi connectivity index (χ0v) is 12.0. The van der Waals surface area contributed by atoms with Gasteiger partial charge in [-0.3, -0.25) is 0 Å². The molecule has 2 nitrogen and oxygen atoms in total. The molecule has 0 saturated heterocycles. The lowest BCUT2D eigenvalue weighted by molar-refractivity contribution is 0.0460. The SMILES string of the molecule is CC(CSC(C)(C)C)NCC1(O)CCCC1. The molecule has 0 aromatic heterocycles. The van der Waals surface area contributed by atoms with Crippen LogP contribution in [-0.2, 0) is 0 Å². The Balaban J connectivity index is 2.17. The quantitative estimate of drug-likeness (QED) is 0.781. The summed E-state index contributed by atoms with van der Waals surface area (Å²) in [5.74, 6) is 1.11. The maximum Gasteiger partial charge on any atom is 0.0771 e. The summed E-state index contributed by atoms with van der Waals surface area (Å²) in [6.45, 7) is 9.70. The van der Waals surface area contributed by atoms with Crippen LogP contribution in [0.2, 0.25) is 0 Å². The first-order valence-electron chi connectivity index (χ1n) is 6.40. The molecule has 16 heavy (non-hydrogen) atoms. The number of thioether (sulfide) groups is 1. The lowest BCUT2D eigenvalue weighted by atomic mass is 10.0. The maximum absolute atomic E-state index is 10.2. The summed E-state index contributed by atoms with van der Waals surface area (Å²) in [6, 6.07) is 0.480. The Bertz CT molecular complexity index is 206. The first kappa shape index (κ1) is 14.3. The molecule has 1 atom stereocenters. The van der Waals surface area contributed by atoms with Crippen LogP contribution in [0.4, 0.5) is 0 Å². The van der Waals surface area contributed by atoms with Gasteiger partial charge in [0.1, 0.15) is 0 Å². The predicted octanol–water partition coefficient (Wildman–Crippen LogP) is 2.80. The largest absolute Gasteiger partial charge is 0.389 e. The molecule has 2 N–H and O–H groups in total. The standard InChI is InChI=1S/C13H27NOS/c1-11(9-16-12(2,3)4)14-10-13(15)7-5-6-8-13/h11,14-15H,5-10H2,1-4H3. The van der Waals surface area contributed by atoms with Gasteiger partial charge in [0.05, 0.1) is 5.60 Å². The van der Waals surface area contributed by atoms with Crippen LogP contribution in [0.1, 0.15) is 53.4 Å². The minimum absolute atomic E-state index is 0.334. The van der Waals surface area contributed by atoms with Crippen molar-refractivity contribution in [3.8, 4) is 0 Å². The van der Waals surface area contributed by atoms with Gasteiger partial charge in [-0.05, 0) is 19.8 Å². The Morgan fingerprint density at radius 3 is 2.38 bits per heavy atom. The zero-order chi connectivity index (χ0) is 12.2. The van der Waals surface area contributed by atoms with Crippen molar-refractivity contribution < 1.29 is 5.11 Å². The molecule has 0 amide bonds. The van der Waals surface area contributed by atoms with Crippen LogP contribution in [0, 0.1) is 0 Å². The molecule has 1 unspecified atom stereocenters. The van der Waals surface area contributed by atoms with Crippen LogP contribution in [0.3, 0.4) is 0 Å². The highest BCUT2D eigenvalue weighted by molar-refractivity contribution is 8.00. The monoisotopic (exact) mass is 245 g/mol. The fourth-order valence-corrected chi connectivity index (χ4v) is 2.88. The summed E-state index contributed by atoms with van der Waals surface area (Å²) >= 11 is 1.98. The van der Waals surface area contributed by atoms with E-state index in [9.17, 15) is 5.11 Å². The van der Waals surface area contributed by atoms with Crippen LogP contribution in [0.25, 0.3) is 0 Å². The second kappa shape index (κ2) is 5.74.